The zero-order valence-electron chi connectivity index (χ0n) is 12.0. The van der Waals surface area contributed by atoms with Crippen molar-refractivity contribution in [1.29, 1.82) is 0 Å². The van der Waals surface area contributed by atoms with Gasteiger partial charge in [-0.3, -0.25) is 9.59 Å². The number of nitrogens with zero attached hydrogens (tertiary/aromatic N) is 1. The second-order valence-corrected chi connectivity index (χ2v) is 5.69. The average Bonchev–Trinajstić information content (AvgIpc) is 2.53. The van der Waals surface area contributed by atoms with Crippen LogP contribution in [0.5, 0.6) is 5.75 Å². The number of methoxy groups -OCH3 is 1. The minimum atomic E-state index is -0.292. The van der Waals surface area contributed by atoms with Crippen LogP contribution in [0.4, 0.5) is 0 Å². The van der Waals surface area contributed by atoms with E-state index in [9.17, 15) is 9.59 Å². The molecule has 4 nitrogen and oxygen atoms in total. The van der Waals surface area contributed by atoms with Crippen LogP contribution in [0.1, 0.15) is 32.1 Å². The Hall–Kier alpha value is -2.27. The number of aromatic nitrogens is 1. The summed E-state index contributed by atoms with van der Waals surface area (Å²) in [5, 5.41) is 0. The molecule has 1 aromatic heterocycles. The molecule has 3 rings (SSSR count). The molecule has 0 atom stereocenters. The predicted octanol–water partition coefficient (Wildman–Crippen LogP) is 3.58. The molecule has 2 aromatic rings. The topological polar surface area (TPSA) is 56.3 Å². The highest BCUT2D eigenvalue weighted by Gasteiger charge is 2.34. The normalized spacial score (nSPS) is 14.1. The lowest BCUT2D eigenvalue weighted by Gasteiger charge is -2.19. The van der Waals surface area contributed by atoms with E-state index in [0.29, 0.717) is 28.1 Å². The number of ether oxygens (including phenoxy) is 1. The molecule has 0 amide bonds. The van der Waals surface area contributed by atoms with Gasteiger partial charge in [-0.15, -0.1) is 0 Å². The summed E-state index contributed by atoms with van der Waals surface area (Å²) in [6, 6.07) is 10.5. The predicted molar refractivity (Wildman–Crippen MR) is 86.5 cm³/mol. The fraction of sp³-hybridized carbons (Fsp3) is 0.118. The van der Waals surface area contributed by atoms with Gasteiger partial charge in [-0.05, 0) is 41.1 Å². The summed E-state index contributed by atoms with van der Waals surface area (Å²) in [6.07, 6.45) is 0. The first-order valence-electron chi connectivity index (χ1n) is 6.64. The van der Waals surface area contributed by atoms with Crippen molar-refractivity contribution >= 4 is 33.1 Å². The van der Waals surface area contributed by atoms with Crippen LogP contribution in [0.25, 0.3) is 5.57 Å². The summed E-state index contributed by atoms with van der Waals surface area (Å²) in [5.41, 5.74) is 2.10. The second kappa shape index (κ2) is 5.50. The number of para-hydroxylation sites is 1. The summed E-state index contributed by atoms with van der Waals surface area (Å²) < 4.78 is 5.52. The number of ketones is 2. The number of aryl methyl sites for hydroxylation is 1. The summed E-state index contributed by atoms with van der Waals surface area (Å²) >= 11 is 3.27. The highest BCUT2D eigenvalue weighted by atomic mass is 79.9. The van der Waals surface area contributed by atoms with Crippen molar-refractivity contribution in [1.82, 2.24) is 4.98 Å². The minimum Gasteiger partial charge on any atom is -0.496 e. The fourth-order valence-corrected chi connectivity index (χ4v) is 3.04. The number of fused-ring (bicyclic) bond motifs is 1. The molecule has 5 heteroatoms. The average molecular weight is 358 g/mol. The first-order chi connectivity index (χ1) is 10.5. The number of halogens is 1. The maximum atomic E-state index is 12.8. The third kappa shape index (κ3) is 2.18. The molecule has 0 unspecified atom stereocenters. The van der Waals surface area contributed by atoms with Gasteiger partial charge in [0.2, 0.25) is 5.78 Å². The number of pyridine rings is 1. The SMILES string of the molecule is COc1ccccc1C1=C(Br)C(=O)c2nc(C)ccc2C1=O. The van der Waals surface area contributed by atoms with Gasteiger partial charge < -0.3 is 4.74 Å². The maximum absolute atomic E-state index is 12.8. The molecular weight excluding hydrogens is 346 g/mol. The standard InChI is InChI=1S/C17H12BrNO3/c1-9-7-8-11-15(19-9)17(21)14(18)13(16(11)20)10-5-3-4-6-12(10)22-2/h3-8H,1-2H3. The van der Waals surface area contributed by atoms with Crippen molar-refractivity contribution in [2.75, 3.05) is 7.11 Å². The molecule has 0 saturated carbocycles. The van der Waals surface area contributed by atoms with Crippen LogP contribution in [0.15, 0.2) is 40.9 Å². The Labute approximate surface area is 136 Å². The highest BCUT2D eigenvalue weighted by Crippen LogP contribution is 2.38. The Balaban J connectivity index is 2.26. The van der Waals surface area contributed by atoms with Crippen LogP contribution < -0.4 is 4.74 Å². The van der Waals surface area contributed by atoms with E-state index in [1.807, 2.05) is 6.07 Å². The third-order valence-corrected chi connectivity index (χ3v) is 4.27. The summed E-state index contributed by atoms with van der Waals surface area (Å²) in [5.74, 6) is 0.0109. The number of rotatable bonds is 2. The fourth-order valence-electron chi connectivity index (χ4n) is 2.46. The van der Waals surface area contributed by atoms with Crippen molar-refractivity contribution in [2.45, 2.75) is 6.92 Å². The van der Waals surface area contributed by atoms with E-state index in [4.69, 9.17) is 4.74 Å². The van der Waals surface area contributed by atoms with Crippen LogP contribution >= 0.6 is 15.9 Å². The monoisotopic (exact) mass is 357 g/mol. The van der Waals surface area contributed by atoms with Crippen molar-refractivity contribution in [3.8, 4) is 5.75 Å². The van der Waals surface area contributed by atoms with E-state index in [-0.39, 0.29) is 21.7 Å². The molecule has 0 fully saturated rings. The van der Waals surface area contributed by atoms with Crippen LogP contribution in [-0.2, 0) is 0 Å². The first-order valence-corrected chi connectivity index (χ1v) is 7.44. The van der Waals surface area contributed by atoms with Crippen LogP contribution in [0, 0.1) is 6.92 Å². The molecule has 1 heterocycles. The number of Topliss-reactive ketones (excluding diaryl/α,β-unsaturated/α-hetero) is 2. The summed E-state index contributed by atoms with van der Waals surface area (Å²) in [7, 11) is 1.53. The molecule has 1 aliphatic carbocycles. The number of benzene rings is 1. The zero-order chi connectivity index (χ0) is 15.9. The van der Waals surface area contributed by atoms with E-state index >= 15 is 0 Å². The number of carbonyl (C=O) groups is 2. The Morgan fingerprint density at radius 3 is 2.45 bits per heavy atom. The molecule has 0 aliphatic heterocycles. The molecule has 0 bridgehead atoms. The molecule has 0 radical (unpaired) electrons. The Morgan fingerprint density at radius 1 is 1.00 bits per heavy atom. The van der Waals surface area contributed by atoms with E-state index in [1.54, 1.807) is 37.3 Å². The lowest BCUT2D eigenvalue weighted by atomic mass is 9.88. The smallest absolute Gasteiger partial charge is 0.219 e. The van der Waals surface area contributed by atoms with Gasteiger partial charge in [0.25, 0.3) is 0 Å². The Bertz CT molecular complexity index is 840. The van der Waals surface area contributed by atoms with E-state index in [2.05, 4.69) is 20.9 Å². The second-order valence-electron chi connectivity index (χ2n) is 4.90. The van der Waals surface area contributed by atoms with Gasteiger partial charge in [0, 0.05) is 11.3 Å². The van der Waals surface area contributed by atoms with Gasteiger partial charge in [0.05, 0.1) is 22.7 Å². The van der Waals surface area contributed by atoms with Crippen molar-refractivity contribution in [3.05, 3.63) is 63.4 Å². The molecule has 1 aromatic carbocycles. The van der Waals surface area contributed by atoms with Gasteiger partial charge in [0.15, 0.2) is 5.78 Å². The van der Waals surface area contributed by atoms with Gasteiger partial charge in [-0.1, -0.05) is 18.2 Å². The Kier molecular flexibility index (Phi) is 3.66. The van der Waals surface area contributed by atoms with Crippen LogP contribution in [-0.4, -0.2) is 23.7 Å². The van der Waals surface area contributed by atoms with E-state index < -0.39 is 0 Å². The maximum Gasteiger partial charge on any atom is 0.219 e. The highest BCUT2D eigenvalue weighted by molar-refractivity contribution is 9.12. The molecule has 0 saturated heterocycles. The van der Waals surface area contributed by atoms with Gasteiger partial charge in [0.1, 0.15) is 11.4 Å². The quantitative estimate of drug-likeness (QED) is 0.824. The zero-order valence-corrected chi connectivity index (χ0v) is 13.6. The lowest BCUT2D eigenvalue weighted by Crippen LogP contribution is -2.21. The third-order valence-electron chi connectivity index (χ3n) is 3.52. The molecule has 110 valence electrons. The summed E-state index contributed by atoms with van der Waals surface area (Å²) in [6.45, 7) is 1.78. The van der Waals surface area contributed by atoms with Crippen molar-refractivity contribution in [2.24, 2.45) is 0 Å². The van der Waals surface area contributed by atoms with Crippen LogP contribution in [0.3, 0.4) is 0 Å². The first kappa shape index (κ1) is 14.7. The largest absolute Gasteiger partial charge is 0.496 e. The molecular formula is C17H12BrNO3. The molecule has 0 N–H and O–H groups in total. The summed E-state index contributed by atoms with van der Waals surface area (Å²) in [4.78, 5) is 29.6. The molecule has 0 spiro atoms. The van der Waals surface area contributed by atoms with Crippen LogP contribution in [0.2, 0.25) is 0 Å². The molecule has 22 heavy (non-hydrogen) atoms. The van der Waals surface area contributed by atoms with Gasteiger partial charge >= 0.3 is 0 Å². The van der Waals surface area contributed by atoms with E-state index in [1.165, 1.54) is 7.11 Å². The molecule has 1 aliphatic rings. The van der Waals surface area contributed by atoms with E-state index in [0.717, 1.165) is 0 Å². The van der Waals surface area contributed by atoms with Gasteiger partial charge in [-0.2, -0.15) is 0 Å². The van der Waals surface area contributed by atoms with Crippen molar-refractivity contribution in [3.63, 3.8) is 0 Å². The number of carbonyl (C=O) groups excluding carboxylic acids is 2. The van der Waals surface area contributed by atoms with Gasteiger partial charge in [-0.25, -0.2) is 4.98 Å². The number of allylic oxidation sites excluding steroid dienone is 2. The Morgan fingerprint density at radius 2 is 1.73 bits per heavy atom. The number of hydrogen-bond donors (Lipinski definition) is 0. The number of hydrogen-bond acceptors (Lipinski definition) is 4. The minimum absolute atomic E-state index is 0.190. The van der Waals surface area contributed by atoms with Crippen molar-refractivity contribution < 1.29 is 14.3 Å². The lowest BCUT2D eigenvalue weighted by molar-refractivity contribution is 0.0995.